The average Bonchev–Trinajstić information content (AvgIpc) is 2.75. The largest absolute Gasteiger partial charge is 0.327 e. The summed E-state index contributed by atoms with van der Waals surface area (Å²) in [5.41, 5.74) is 5.38. The highest BCUT2D eigenvalue weighted by Crippen LogP contribution is 2.01. The second-order valence-corrected chi connectivity index (χ2v) is 2.29. The predicted octanol–water partition coefficient (Wildman–Crippen LogP) is -0.551. The van der Waals surface area contributed by atoms with Gasteiger partial charge in [0.2, 0.25) is 0 Å². The second-order valence-electron chi connectivity index (χ2n) is 2.29. The highest BCUT2D eigenvalue weighted by molar-refractivity contribution is 5.18. The van der Waals surface area contributed by atoms with Gasteiger partial charge in [0.1, 0.15) is 24.3 Å². The van der Waals surface area contributed by atoms with E-state index in [1.54, 1.807) is 23.4 Å². The molecule has 3 N–H and O–H groups in total. The molecule has 2 aromatic rings. The van der Waals surface area contributed by atoms with Gasteiger partial charge < -0.3 is 10.7 Å². The van der Waals surface area contributed by atoms with Crippen LogP contribution in [0.5, 0.6) is 0 Å². The monoisotopic (exact) mass is 164 g/mol. The van der Waals surface area contributed by atoms with Crippen LogP contribution in [0.4, 0.5) is 0 Å². The number of H-pyrrole nitrogens is 1. The lowest BCUT2D eigenvalue weighted by Gasteiger charge is -1.92. The van der Waals surface area contributed by atoms with Crippen molar-refractivity contribution in [3.63, 3.8) is 0 Å². The number of nitrogens with two attached hydrogens (primary N) is 1. The molecule has 62 valence electrons. The Morgan fingerprint density at radius 3 is 2.75 bits per heavy atom. The summed E-state index contributed by atoms with van der Waals surface area (Å²) >= 11 is 0. The minimum Gasteiger partial charge on any atom is -0.327 e. The highest BCUT2D eigenvalue weighted by Gasteiger charge is 1.99. The smallest absolute Gasteiger partial charge is 0.136 e. The van der Waals surface area contributed by atoms with Gasteiger partial charge in [0.05, 0.1) is 12.7 Å². The molecule has 2 rings (SSSR count). The van der Waals surface area contributed by atoms with E-state index in [0.29, 0.717) is 6.54 Å². The molecular formula is C6H8N6. The highest BCUT2D eigenvalue weighted by atomic mass is 15.3. The van der Waals surface area contributed by atoms with Gasteiger partial charge in [-0.3, -0.25) is 4.57 Å². The lowest BCUT2D eigenvalue weighted by atomic mass is 10.6. The summed E-state index contributed by atoms with van der Waals surface area (Å²) in [4.78, 5) is 7.05. The zero-order valence-electron chi connectivity index (χ0n) is 6.31. The Labute approximate surface area is 68.4 Å². The third kappa shape index (κ3) is 1.08. The molecule has 0 spiro atoms. The van der Waals surface area contributed by atoms with Crippen LogP contribution in [0.1, 0.15) is 5.82 Å². The van der Waals surface area contributed by atoms with E-state index in [0.717, 1.165) is 11.6 Å². The van der Waals surface area contributed by atoms with Crippen molar-refractivity contribution in [2.24, 2.45) is 5.73 Å². The summed E-state index contributed by atoms with van der Waals surface area (Å²) in [6.45, 7) is 0.405. The summed E-state index contributed by atoms with van der Waals surface area (Å²) in [7, 11) is 0. The van der Waals surface area contributed by atoms with E-state index in [1.165, 1.54) is 0 Å². The Hall–Kier alpha value is -1.69. The van der Waals surface area contributed by atoms with E-state index < -0.39 is 0 Å². The standard InChI is InChI=1S/C6H8N6/c7-1-5-8-2-6(11-5)12-3-9-10-4-12/h2-4H,1,7H2,(H,8,11). The van der Waals surface area contributed by atoms with Crippen LogP contribution < -0.4 is 5.73 Å². The van der Waals surface area contributed by atoms with Crippen LogP contribution >= 0.6 is 0 Å². The van der Waals surface area contributed by atoms with Crippen molar-refractivity contribution in [1.82, 2.24) is 24.7 Å². The molecule has 0 aromatic carbocycles. The molecule has 0 atom stereocenters. The third-order valence-electron chi connectivity index (χ3n) is 1.51. The molecular weight excluding hydrogens is 156 g/mol. The molecule has 0 saturated heterocycles. The zero-order valence-corrected chi connectivity index (χ0v) is 6.31. The van der Waals surface area contributed by atoms with Gasteiger partial charge in [-0.15, -0.1) is 10.2 Å². The molecule has 2 aromatic heterocycles. The molecule has 12 heavy (non-hydrogen) atoms. The number of aromatic amines is 1. The molecule has 0 bridgehead atoms. The van der Waals surface area contributed by atoms with E-state index in [-0.39, 0.29) is 0 Å². The number of imidazole rings is 1. The van der Waals surface area contributed by atoms with Gasteiger partial charge in [0.25, 0.3) is 0 Å². The maximum atomic E-state index is 5.38. The number of aromatic nitrogens is 5. The fraction of sp³-hybridized carbons (Fsp3) is 0.167. The summed E-state index contributed by atoms with van der Waals surface area (Å²) in [6, 6.07) is 0. The normalized spacial score (nSPS) is 10.4. The first-order chi connectivity index (χ1) is 5.90. The molecule has 0 fully saturated rings. The Bertz CT molecular complexity index is 348. The zero-order chi connectivity index (χ0) is 8.39. The van der Waals surface area contributed by atoms with Crippen LogP contribution in [0.25, 0.3) is 5.82 Å². The summed E-state index contributed by atoms with van der Waals surface area (Å²) in [5.74, 6) is 1.57. The van der Waals surface area contributed by atoms with E-state index in [9.17, 15) is 0 Å². The van der Waals surface area contributed by atoms with Crippen molar-refractivity contribution in [1.29, 1.82) is 0 Å². The van der Waals surface area contributed by atoms with E-state index >= 15 is 0 Å². The third-order valence-corrected chi connectivity index (χ3v) is 1.51. The molecule has 6 nitrogen and oxygen atoms in total. The maximum Gasteiger partial charge on any atom is 0.136 e. The first-order valence-electron chi connectivity index (χ1n) is 3.49. The topological polar surface area (TPSA) is 85.4 Å². The van der Waals surface area contributed by atoms with Crippen molar-refractivity contribution in [2.75, 3.05) is 0 Å². The Morgan fingerprint density at radius 2 is 2.17 bits per heavy atom. The van der Waals surface area contributed by atoms with Crippen molar-refractivity contribution < 1.29 is 0 Å². The molecule has 6 heteroatoms. The van der Waals surface area contributed by atoms with E-state index in [4.69, 9.17) is 5.73 Å². The number of rotatable bonds is 2. The molecule has 0 amide bonds. The molecule has 0 aliphatic heterocycles. The van der Waals surface area contributed by atoms with Crippen molar-refractivity contribution in [2.45, 2.75) is 6.54 Å². The van der Waals surface area contributed by atoms with Crippen molar-refractivity contribution >= 4 is 0 Å². The van der Waals surface area contributed by atoms with Gasteiger partial charge in [-0.2, -0.15) is 0 Å². The minimum atomic E-state index is 0.405. The van der Waals surface area contributed by atoms with E-state index in [1.807, 2.05) is 0 Å². The first-order valence-corrected chi connectivity index (χ1v) is 3.49. The average molecular weight is 164 g/mol. The van der Waals surface area contributed by atoms with Gasteiger partial charge in [0, 0.05) is 0 Å². The lowest BCUT2D eigenvalue weighted by molar-refractivity contribution is 0.928. The van der Waals surface area contributed by atoms with Gasteiger partial charge in [0.15, 0.2) is 0 Å². The van der Waals surface area contributed by atoms with Crippen LogP contribution in [0, 0.1) is 0 Å². The number of hydrogen-bond donors (Lipinski definition) is 2. The van der Waals surface area contributed by atoms with Crippen LogP contribution in [0.3, 0.4) is 0 Å². The summed E-state index contributed by atoms with van der Waals surface area (Å²) < 4.78 is 1.73. The molecule has 0 aliphatic rings. The Morgan fingerprint density at radius 1 is 1.42 bits per heavy atom. The maximum absolute atomic E-state index is 5.38. The van der Waals surface area contributed by atoms with Gasteiger partial charge in [-0.05, 0) is 0 Å². The predicted molar refractivity (Wildman–Crippen MR) is 41.4 cm³/mol. The number of nitrogens with one attached hydrogen (secondary N) is 1. The van der Waals surface area contributed by atoms with Crippen LogP contribution in [0.2, 0.25) is 0 Å². The van der Waals surface area contributed by atoms with Crippen molar-refractivity contribution in [3.05, 3.63) is 24.7 Å². The van der Waals surface area contributed by atoms with Crippen LogP contribution in [-0.4, -0.2) is 24.7 Å². The number of hydrogen-bond acceptors (Lipinski definition) is 4. The lowest BCUT2D eigenvalue weighted by Crippen LogP contribution is -1.98. The Kier molecular flexibility index (Phi) is 1.60. The van der Waals surface area contributed by atoms with Crippen LogP contribution in [0.15, 0.2) is 18.9 Å². The Balaban J connectivity index is 2.35. The van der Waals surface area contributed by atoms with Gasteiger partial charge >= 0.3 is 0 Å². The first kappa shape index (κ1) is 6.99. The second kappa shape index (κ2) is 2.74. The van der Waals surface area contributed by atoms with Crippen LogP contribution in [-0.2, 0) is 6.54 Å². The summed E-state index contributed by atoms with van der Waals surface area (Å²) in [6.07, 6.45) is 4.87. The molecule has 0 saturated carbocycles. The SMILES string of the molecule is NCc1ncc(-n2cnnc2)[nH]1. The van der Waals surface area contributed by atoms with E-state index in [2.05, 4.69) is 20.2 Å². The fourth-order valence-electron chi connectivity index (χ4n) is 0.912. The minimum absolute atomic E-state index is 0.405. The molecule has 0 radical (unpaired) electrons. The van der Waals surface area contributed by atoms with Gasteiger partial charge in [-0.1, -0.05) is 0 Å². The summed E-state index contributed by atoms with van der Waals surface area (Å²) in [5, 5.41) is 7.34. The van der Waals surface area contributed by atoms with Gasteiger partial charge in [-0.25, -0.2) is 4.98 Å². The fourth-order valence-corrected chi connectivity index (χ4v) is 0.912. The quantitative estimate of drug-likeness (QED) is 0.623. The number of nitrogens with zero attached hydrogens (tertiary/aromatic N) is 4. The molecule has 0 aliphatic carbocycles. The molecule has 2 heterocycles. The molecule has 0 unspecified atom stereocenters. The van der Waals surface area contributed by atoms with Crippen molar-refractivity contribution in [3.8, 4) is 5.82 Å².